The Morgan fingerprint density at radius 1 is 1.59 bits per heavy atom. The van der Waals surface area contributed by atoms with Crippen LogP contribution in [0.1, 0.15) is 19.3 Å². The summed E-state index contributed by atoms with van der Waals surface area (Å²) in [5.74, 6) is 0.484. The first-order chi connectivity index (χ1) is 7.93. The molecule has 1 aliphatic rings. The molecule has 0 aliphatic heterocycles. The van der Waals surface area contributed by atoms with Crippen molar-refractivity contribution in [3.8, 4) is 0 Å². The summed E-state index contributed by atoms with van der Waals surface area (Å²) in [5, 5.41) is 0.106. The molecular formula is C10H16ClN3O2S. The Bertz CT molecular complexity index is 508. The number of aryl methyl sites for hydroxylation is 1. The van der Waals surface area contributed by atoms with Crippen molar-refractivity contribution in [2.75, 3.05) is 13.6 Å². The summed E-state index contributed by atoms with van der Waals surface area (Å²) in [6, 6.07) is 0. The van der Waals surface area contributed by atoms with Gasteiger partial charge in [-0.3, -0.25) is 0 Å². The molecule has 1 saturated carbocycles. The summed E-state index contributed by atoms with van der Waals surface area (Å²) in [4.78, 5) is 3.86. The molecule has 1 aromatic heterocycles. The molecule has 0 radical (unpaired) electrons. The van der Waals surface area contributed by atoms with Gasteiger partial charge < -0.3 is 4.57 Å². The minimum absolute atomic E-state index is 0.0523. The van der Waals surface area contributed by atoms with Gasteiger partial charge in [0, 0.05) is 20.6 Å². The Labute approximate surface area is 106 Å². The number of halogens is 1. The van der Waals surface area contributed by atoms with Gasteiger partial charge in [-0.25, -0.2) is 13.4 Å². The second-order valence-electron chi connectivity index (χ2n) is 4.53. The van der Waals surface area contributed by atoms with Crippen LogP contribution in [-0.4, -0.2) is 35.9 Å². The van der Waals surface area contributed by atoms with Gasteiger partial charge in [0.15, 0.2) is 0 Å². The summed E-state index contributed by atoms with van der Waals surface area (Å²) in [6.07, 6.45) is 4.82. The maximum Gasteiger partial charge on any atom is 0.263 e. The molecule has 0 atom stereocenters. The molecule has 17 heavy (non-hydrogen) atoms. The van der Waals surface area contributed by atoms with Gasteiger partial charge in [0.25, 0.3) is 10.0 Å². The van der Waals surface area contributed by atoms with E-state index in [0.29, 0.717) is 12.5 Å². The fraction of sp³-hybridized carbons (Fsp3) is 0.700. The van der Waals surface area contributed by atoms with Crippen LogP contribution < -0.4 is 0 Å². The molecule has 0 bridgehead atoms. The van der Waals surface area contributed by atoms with E-state index in [-0.39, 0.29) is 10.2 Å². The zero-order valence-corrected chi connectivity index (χ0v) is 11.5. The van der Waals surface area contributed by atoms with Gasteiger partial charge in [-0.1, -0.05) is 18.0 Å². The molecule has 0 aromatic carbocycles. The van der Waals surface area contributed by atoms with Gasteiger partial charge in [0.05, 0.1) is 6.33 Å². The zero-order valence-electron chi connectivity index (χ0n) is 9.93. The monoisotopic (exact) mass is 277 g/mol. The first-order valence-corrected chi connectivity index (χ1v) is 7.38. The number of imidazole rings is 1. The molecule has 1 aromatic rings. The molecule has 0 N–H and O–H groups in total. The maximum absolute atomic E-state index is 12.2. The first kappa shape index (κ1) is 12.9. The largest absolute Gasteiger partial charge is 0.324 e. The normalized spacial score (nSPS) is 17.4. The van der Waals surface area contributed by atoms with E-state index >= 15 is 0 Å². The smallest absolute Gasteiger partial charge is 0.263 e. The van der Waals surface area contributed by atoms with Crippen molar-refractivity contribution in [1.82, 2.24) is 13.9 Å². The standard InChI is InChI=1S/C10H16ClN3O2S/c1-13-7-12-10(9(13)11)17(15,16)14(2)6-8-4-3-5-8/h7-8H,3-6H2,1-2H3. The van der Waals surface area contributed by atoms with E-state index in [9.17, 15) is 8.42 Å². The third kappa shape index (κ3) is 2.34. The van der Waals surface area contributed by atoms with Gasteiger partial charge in [0.1, 0.15) is 5.15 Å². The second kappa shape index (κ2) is 4.59. The molecule has 5 nitrogen and oxygen atoms in total. The number of hydrogen-bond donors (Lipinski definition) is 0. The number of rotatable bonds is 4. The van der Waals surface area contributed by atoms with Crippen LogP contribution in [-0.2, 0) is 17.1 Å². The van der Waals surface area contributed by atoms with E-state index in [1.807, 2.05) is 0 Å². The van der Waals surface area contributed by atoms with E-state index in [1.54, 1.807) is 14.1 Å². The minimum atomic E-state index is -3.55. The van der Waals surface area contributed by atoms with Gasteiger partial charge >= 0.3 is 0 Å². The summed E-state index contributed by atoms with van der Waals surface area (Å²) < 4.78 is 27.3. The van der Waals surface area contributed by atoms with Crippen LogP contribution >= 0.6 is 11.6 Å². The molecule has 0 amide bonds. The highest BCUT2D eigenvalue weighted by Crippen LogP contribution is 2.29. The highest BCUT2D eigenvalue weighted by atomic mass is 35.5. The van der Waals surface area contributed by atoms with Gasteiger partial charge in [-0.2, -0.15) is 4.31 Å². The molecule has 0 unspecified atom stereocenters. The van der Waals surface area contributed by atoms with Gasteiger partial charge in [0.2, 0.25) is 5.03 Å². The van der Waals surface area contributed by atoms with Crippen molar-refractivity contribution in [3.05, 3.63) is 11.5 Å². The topological polar surface area (TPSA) is 55.2 Å². The van der Waals surface area contributed by atoms with Crippen LogP contribution in [0.4, 0.5) is 0 Å². The first-order valence-electron chi connectivity index (χ1n) is 5.56. The molecule has 1 aliphatic carbocycles. The minimum Gasteiger partial charge on any atom is -0.324 e. The Balaban J connectivity index is 2.20. The molecule has 1 fully saturated rings. The summed E-state index contributed by atoms with van der Waals surface area (Å²) in [6.45, 7) is 0.551. The van der Waals surface area contributed by atoms with Crippen LogP contribution in [0.25, 0.3) is 0 Å². The highest BCUT2D eigenvalue weighted by Gasteiger charge is 2.30. The van der Waals surface area contributed by atoms with E-state index in [0.717, 1.165) is 12.8 Å². The zero-order chi connectivity index (χ0) is 12.6. The van der Waals surface area contributed by atoms with E-state index < -0.39 is 10.0 Å². The average molecular weight is 278 g/mol. The Kier molecular flexibility index (Phi) is 3.47. The van der Waals surface area contributed by atoms with Crippen molar-refractivity contribution in [1.29, 1.82) is 0 Å². The maximum atomic E-state index is 12.2. The molecule has 96 valence electrons. The lowest BCUT2D eigenvalue weighted by Gasteiger charge is -2.29. The molecule has 7 heteroatoms. The van der Waals surface area contributed by atoms with Crippen LogP contribution in [0.2, 0.25) is 5.15 Å². The van der Waals surface area contributed by atoms with E-state index in [1.165, 1.54) is 21.6 Å². The molecule has 1 heterocycles. The predicted octanol–water partition coefficient (Wildman–Crippen LogP) is 1.49. The third-order valence-electron chi connectivity index (χ3n) is 3.23. The Hall–Kier alpha value is -0.590. The van der Waals surface area contributed by atoms with Crippen molar-refractivity contribution in [2.45, 2.75) is 24.3 Å². The van der Waals surface area contributed by atoms with Crippen LogP contribution in [0, 0.1) is 5.92 Å². The van der Waals surface area contributed by atoms with Crippen LogP contribution in [0.3, 0.4) is 0 Å². The fourth-order valence-electron chi connectivity index (χ4n) is 1.85. The highest BCUT2D eigenvalue weighted by molar-refractivity contribution is 7.89. The van der Waals surface area contributed by atoms with Crippen molar-refractivity contribution in [3.63, 3.8) is 0 Å². The van der Waals surface area contributed by atoms with E-state index in [4.69, 9.17) is 11.6 Å². The summed E-state index contributed by atoms with van der Waals surface area (Å²) in [7, 11) is -0.302. The second-order valence-corrected chi connectivity index (χ2v) is 6.85. The summed E-state index contributed by atoms with van der Waals surface area (Å²) in [5.41, 5.74) is 0. The van der Waals surface area contributed by atoms with Crippen LogP contribution in [0.15, 0.2) is 11.4 Å². The number of aromatic nitrogens is 2. The SMILES string of the molecule is CN(CC1CCC1)S(=O)(=O)c1ncn(C)c1Cl. The van der Waals surface area contributed by atoms with Crippen molar-refractivity contribution < 1.29 is 8.42 Å². The lowest BCUT2D eigenvalue weighted by Crippen LogP contribution is -2.34. The van der Waals surface area contributed by atoms with E-state index in [2.05, 4.69) is 4.98 Å². The summed E-state index contributed by atoms with van der Waals surface area (Å²) >= 11 is 5.92. The molecule has 0 saturated heterocycles. The quantitative estimate of drug-likeness (QED) is 0.838. The lowest BCUT2D eigenvalue weighted by atomic mass is 9.86. The molecule has 0 spiro atoms. The predicted molar refractivity (Wildman–Crippen MR) is 65.4 cm³/mol. The van der Waals surface area contributed by atoms with Crippen molar-refractivity contribution >= 4 is 21.6 Å². The number of sulfonamides is 1. The molecular weight excluding hydrogens is 262 g/mol. The number of nitrogens with zero attached hydrogens (tertiary/aromatic N) is 3. The lowest BCUT2D eigenvalue weighted by molar-refractivity contribution is 0.262. The third-order valence-corrected chi connectivity index (χ3v) is 5.54. The van der Waals surface area contributed by atoms with Gasteiger partial charge in [-0.05, 0) is 18.8 Å². The van der Waals surface area contributed by atoms with Gasteiger partial charge in [-0.15, -0.1) is 0 Å². The van der Waals surface area contributed by atoms with Crippen LogP contribution in [0.5, 0.6) is 0 Å². The molecule has 2 rings (SSSR count). The fourth-order valence-corrected chi connectivity index (χ4v) is 3.48. The van der Waals surface area contributed by atoms with Crippen molar-refractivity contribution in [2.24, 2.45) is 13.0 Å². The Morgan fingerprint density at radius 2 is 2.24 bits per heavy atom. The Morgan fingerprint density at radius 3 is 2.65 bits per heavy atom. The number of hydrogen-bond acceptors (Lipinski definition) is 3. The average Bonchev–Trinajstić information content (AvgIpc) is 2.53.